The van der Waals surface area contributed by atoms with E-state index in [-0.39, 0.29) is 11.9 Å². The molecule has 7 heteroatoms. The van der Waals surface area contributed by atoms with Gasteiger partial charge in [0, 0.05) is 70.2 Å². The summed E-state index contributed by atoms with van der Waals surface area (Å²) < 4.78 is 4.74. The molecule has 0 unspecified atom stereocenters. The molecular formula is C21H32N4O3. The third-order valence-electron chi connectivity index (χ3n) is 5.92. The van der Waals surface area contributed by atoms with Crippen LogP contribution in [0.2, 0.25) is 0 Å². The Morgan fingerprint density at radius 3 is 2.39 bits per heavy atom. The van der Waals surface area contributed by atoms with Gasteiger partial charge in [0.15, 0.2) is 0 Å². The molecule has 3 heterocycles. The fourth-order valence-corrected chi connectivity index (χ4v) is 4.10. The van der Waals surface area contributed by atoms with E-state index in [9.17, 15) is 9.59 Å². The maximum Gasteiger partial charge on any atom is 0.305 e. The predicted octanol–water partition coefficient (Wildman–Crippen LogP) is 1.79. The molecule has 0 bridgehead atoms. The fraction of sp³-hybridized carbons (Fsp3) is 0.667. The second kappa shape index (κ2) is 10.4. The lowest BCUT2D eigenvalue weighted by molar-refractivity contribution is -0.142. The van der Waals surface area contributed by atoms with E-state index in [0.29, 0.717) is 18.8 Å². The number of piperazine rings is 1. The third kappa shape index (κ3) is 5.92. The number of hydrogen-bond donors (Lipinski definition) is 0. The minimum absolute atomic E-state index is 0.145. The summed E-state index contributed by atoms with van der Waals surface area (Å²) >= 11 is 0. The second-order valence-corrected chi connectivity index (χ2v) is 7.74. The number of rotatable bonds is 7. The molecule has 0 N–H and O–H groups in total. The van der Waals surface area contributed by atoms with Crippen molar-refractivity contribution in [2.24, 2.45) is 5.92 Å². The Morgan fingerprint density at radius 1 is 1.07 bits per heavy atom. The molecule has 2 saturated heterocycles. The normalized spacial score (nSPS) is 18.9. The Bertz CT molecular complexity index is 624. The molecule has 1 amide bonds. The highest BCUT2D eigenvalue weighted by molar-refractivity contribution is 5.76. The van der Waals surface area contributed by atoms with Crippen LogP contribution in [0.3, 0.4) is 0 Å². The first kappa shape index (κ1) is 20.6. The van der Waals surface area contributed by atoms with E-state index >= 15 is 0 Å². The molecule has 2 fully saturated rings. The highest BCUT2D eigenvalue weighted by Gasteiger charge is 2.24. The number of piperidine rings is 1. The van der Waals surface area contributed by atoms with E-state index in [1.807, 2.05) is 17.3 Å². The number of methoxy groups -OCH3 is 1. The molecule has 154 valence electrons. The van der Waals surface area contributed by atoms with Gasteiger partial charge in [0.05, 0.1) is 7.11 Å². The Kier molecular flexibility index (Phi) is 7.65. The van der Waals surface area contributed by atoms with E-state index in [1.54, 1.807) is 0 Å². The van der Waals surface area contributed by atoms with E-state index in [0.717, 1.165) is 65.1 Å². The number of pyridine rings is 1. The molecule has 7 nitrogen and oxygen atoms in total. The number of hydrogen-bond acceptors (Lipinski definition) is 6. The number of ether oxygens (including phenoxy) is 1. The monoisotopic (exact) mass is 388 g/mol. The SMILES string of the molecule is COC(=O)CC1CCN(C(=O)CCCN2CCN(c3ccncc3)CC2)CC1. The van der Waals surface area contributed by atoms with Crippen LogP contribution in [0, 0.1) is 5.92 Å². The lowest BCUT2D eigenvalue weighted by atomic mass is 9.93. The molecule has 0 saturated carbocycles. The Hall–Kier alpha value is -2.15. The van der Waals surface area contributed by atoms with Crippen LogP contribution < -0.4 is 4.90 Å². The topological polar surface area (TPSA) is 66.0 Å². The number of aromatic nitrogens is 1. The van der Waals surface area contributed by atoms with Crippen LogP contribution >= 0.6 is 0 Å². The van der Waals surface area contributed by atoms with Crippen molar-refractivity contribution in [3.05, 3.63) is 24.5 Å². The van der Waals surface area contributed by atoms with Crippen molar-refractivity contribution in [3.8, 4) is 0 Å². The maximum atomic E-state index is 12.5. The van der Waals surface area contributed by atoms with E-state index in [2.05, 4.69) is 26.9 Å². The summed E-state index contributed by atoms with van der Waals surface area (Å²) in [7, 11) is 1.43. The average Bonchev–Trinajstić information content (AvgIpc) is 2.75. The van der Waals surface area contributed by atoms with Crippen LogP contribution in [0.4, 0.5) is 5.69 Å². The van der Waals surface area contributed by atoms with Gasteiger partial charge in [-0.05, 0) is 43.9 Å². The summed E-state index contributed by atoms with van der Waals surface area (Å²) in [6.07, 6.45) is 7.49. The van der Waals surface area contributed by atoms with Crippen molar-refractivity contribution in [3.63, 3.8) is 0 Å². The first-order valence-electron chi connectivity index (χ1n) is 10.4. The molecule has 1 aromatic rings. The van der Waals surface area contributed by atoms with Crippen LogP contribution in [0.1, 0.15) is 32.1 Å². The van der Waals surface area contributed by atoms with Gasteiger partial charge in [-0.15, -0.1) is 0 Å². The number of likely N-dealkylation sites (tertiary alicyclic amines) is 1. The van der Waals surface area contributed by atoms with E-state index in [1.165, 1.54) is 12.8 Å². The van der Waals surface area contributed by atoms with Crippen molar-refractivity contribution < 1.29 is 14.3 Å². The molecule has 0 aliphatic carbocycles. The molecule has 2 aliphatic rings. The molecule has 3 rings (SSSR count). The van der Waals surface area contributed by atoms with Crippen molar-refractivity contribution in [1.82, 2.24) is 14.8 Å². The van der Waals surface area contributed by atoms with Crippen LogP contribution in [-0.2, 0) is 14.3 Å². The largest absolute Gasteiger partial charge is 0.469 e. The van der Waals surface area contributed by atoms with Crippen molar-refractivity contribution in [1.29, 1.82) is 0 Å². The minimum Gasteiger partial charge on any atom is -0.469 e. The van der Waals surface area contributed by atoms with Gasteiger partial charge in [0.25, 0.3) is 0 Å². The van der Waals surface area contributed by atoms with Gasteiger partial charge in [-0.3, -0.25) is 19.5 Å². The zero-order valence-electron chi connectivity index (χ0n) is 16.9. The molecule has 0 radical (unpaired) electrons. The molecule has 28 heavy (non-hydrogen) atoms. The van der Waals surface area contributed by atoms with Crippen LogP contribution in [0.5, 0.6) is 0 Å². The van der Waals surface area contributed by atoms with Gasteiger partial charge in [-0.25, -0.2) is 0 Å². The van der Waals surface area contributed by atoms with Crippen molar-refractivity contribution in [2.75, 3.05) is 57.8 Å². The number of amides is 1. The summed E-state index contributed by atoms with van der Waals surface area (Å²) in [4.78, 5) is 34.7. The van der Waals surface area contributed by atoms with E-state index < -0.39 is 0 Å². The predicted molar refractivity (Wildman–Crippen MR) is 108 cm³/mol. The quantitative estimate of drug-likeness (QED) is 0.664. The summed E-state index contributed by atoms with van der Waals surface area (Å²) in [6.45, 7) is 6.63. The Morgan fingerprint density at radius 2 is 1.75 bits per heavy atom. The lowest BCUT2D eigenvalue weighted by Crippen LogP contribution is -2.46. The summed E-state index contributed by atoms with van der Waals surface area (Å²) in [5.74, 6) is 0.467. The number of nitrogens with zero attached hydrogens (tertiary/aromatic N) is 4. The van der Waals surface area contributed by atoms with Gasteiger partial charge >= 0.3 is 5.97 Å². The Labute approximate surface area is 167 Å². The van der Waals surface area contributed by atoms with Crippen molar-refractivity contribution in [2.45, 2.75) is 32.1 Å². The van der Waals surface area contributed by atoms with Crippen LogP contribution in [-0.4, -0.2) is 79.6 Å². The molecular weight excluding hydrogens is 356 g/mol. The van der Waals surface area contributed by atoms with Gasteiger partial charge in [0.1, 0.15) is 0 Å². The van der Waals surface area contributed by atoms with E-state index in [4.69, 9.17) is 4.74 Å². The van der Waals surface area contributed by atoms with Crippen molar-refractivity contribution >= 4 is 17.6 Å². The van der Waals surface area contributed by atoms with Crippen LogP contribution in [0.15, 0.2) is 24.5 Å². The fourth-order valence-electron chi connectivity index (χ4n) is 4.10. The molecule has 0 atom stereocenters. The highest BCUT2D eigenvalue weighted by Crippen LogP contribution is 2.21. The smallest absolute Gasteiger partial charge is 0.305 e. The first-order chi connectivity index (χ1) is 13.7. The number of anilines is 1. The first-order valence-corrected chi connectivity index (χ1v) is 10.4. The molecule has 0 spiro atoms. The van der Waals surface area contributed by atoms with Gasteiger partial charge < -0.3 is 14.5 Å². The zero-order valence-corrected chi connectivity index (χ0v) is 16.9. The second-order valence-electron chi connectivity index (χ2n) is 7.74. The third-order valence-corrected chi connectivity index (χ3v) is 5.92. The summed E-state index contributed by atoms with van der Waals surface area (Å²) in [6, 6.07) is 4.12. The highest BCUT2D eigenvalue weighted by atomic mass is 16.5. The van der Waals surface area contributed by atoms with Gasteiger partial charge in [0.2, 0.25) is 5.91 Å². The number of esters is 1. The lowest BCUT2D eigenvalue weighted by Gasteiger charge is -2.36. The summed E-state index contributed by atoms with van der Waals surface area (Å²) in [5, 5.41) is 0. The Balaban J connectivity index is 1.29. The van der Waals surface area contributed by atoms with Gasteiger partial charge in [-0.2, -0.15) is 0 Å². The zero-order chi connectivity index (χ0) is 19.8. The molecule has 2 aliphatic heterocycles. The van der Waals surface area contributed by atoms with Gasteiger partial charge in [-0.1, -0.05) is 0 Å². The van der Waals surface area contributed by atoms with Crippen LogP contribution in [0.25, 0.3) is 0 Å². The summed E-state index contributed by atoms with van der Waals surface area (Å²) in [5.41, 5.74) is 1.24. The molecule has 1 aromatic heterocycles. The average molecular weight is 389 g/mol. The minimum atomic E-state index is -0.145. The number of carbonyl (C=O) groups is 2. The standard InChI is InChI=1S/C21H32N4O3/c1-28-21(27)17-18-6-11-25(12-7-18)20(26)3-2-10-23-13-15-24(16-14-23)19-4-8-22-9-5-19/h4-5,8-9,18H,2-3,6-7,10-17H2,1H3. The number of carbonyl (C=O) groups excluding carboxylic acids is 2. The molecule has 0 aromatic carbocycles. The maximum absolute atomic E-state index is 12.5.